The van der Waals surface area contributed by atoms with Crippen LogP contribution in [-0.4, -0.2) is 17.7 Å². The van der Waals surface area contributed by atoms with Crippen LogP contribution < -0.4 is 10.6 Å². The van der Waals surface area contributed by atoms with Crippen LogP contribution in [0.3, 0.4) is 0 Å². The standard InChI is InChI=1S/C18H22N2O2S/c1-12-8-13(2)10-15(9-12)20-17(21)19-11-18(22,14-5-6-14)16-4-3-7-23-16/h3-4,7-10,14,22H,5-6,11H2,1-2H3,(H2,19,20,21). The van der Waals surface area contributed by atoms with Crippen LogP contribution in [0, 0.1) is 19.8 Å². The van der Waals surface area contributed by atoms with Gasteiger partial charge in [-0.1, -0.05) is 12.1 Å². The summed E-state index contributed by atoms with van der Waals surface area (Å²) in [5.74, 6) is 0.239. The fourth-order valence-electron chi connectivity index (χ4n) is 2.96. The maximum Gasteiger partial charge on any atom is 0.319 e. The molecule has 0 aliphatic heterocycles. The summed E-state index contributed by atoms with van der Waals surface area (Å²) in [4.78, 5) is 13.1. The number of hydrogen-bond donors (Lipinski definition) is 3. The first-order valence-corrected chi connectivity index (χ1v) is 8.75. The summed E-state index contributed by atoms with van der Waals surface area (Å²) in [7, 11) is 0. The van der Waals surface area contributed by atoms with E-state index in [9.17, 15) is 9.90 Å². The van der Waals surface area contributed by atoms with E-state index < -0.39 is 5.60 Å². The van der Waals surface area contributed by atoms with E-state index in [0.29, 0.717) is 0 Å². The van der Waals surface area contributed by atoms with E-state index in [1.807, 2.05) is 43.5 Å². The number of urea groups is 1. The lowest BCUT2D eigenvalue weighted by Crippen LogP contribution is -2.43. The van der Waals surface area contributed by atoms with Gasteiger partial charge in [-0.15, -0.1) is 11.3 Å². The molecule has 1 aromatic heterocycles. The van der Waals surface area contributed by atoms with Crippen LogP contribution in [0.5, 0.6) is 0 Å². The Balaban J connectivity index is 1.63. The Labute approximate surface area is 140 Å². The predicted molar refractivity (Wildman–Crippen MR) is 93.9 cm³/mol. The Bertz CT molecular complexity index is 675. The van der Waals surface area contributed by atoms with E-state index in [2.05, 4.69) is 16.7 Å². The number of thiophene rings is 1. The molecule has 1 atom stereocenters. The molecule has 1 unspecified atom stereocenters. The molecule has 1 heterocycles. The van der Waals surface area contributed by atoms with Crippen molar-refractivity contribution in [1.29, 1.82) is 0 Å². The minimum Gasteiger partial charge on any atom is -0.382 e. The van der Waals surface area contributed by atoms with Crippen molar-refractivity contribution in [2.45, 2.75) is 32.3 Å². The lowest BCUT2D eigenvalue weighted by atomic mass is 9.96. The molecule has 5 heteroatoms. The molecular weight excluding hydrogens is 308 g/mol. The average molecular weight is 330 g/mol. The smallest absolute Gasteiger partial charge is 0.319 e. The normalized spacial score (nSPS) is 16.7. The molecule has 4 nitrogen and oxygen atoms in total. The molecule has 1 fully saturated rings. The second-order valence-electron chi connectivity index (χ2n) is 6.36. The first kappa shape index (κ1) is 16.0. The number of aliphatic hydroxyl groups is 1. The Morgan fingerprint density at radius 1 is 1.30 bits per heavy atom. The topological polar surface area (TPSA) is 61.4 Å². The first-order valence-electron chi connectivity index (χ1n) is 7.87. The lowest BCUT2D eigenvalue weighted by molar-refractivity contribution is 0.0200. The summed E-state index contributed by atoms with van der Waals surface area (Å²) in [5.41, 5.74) is 2.03. The Hall–Kier alpha value is -1.85. The fraction of sp³-hybridized carbons (Fsp3) is 0.389. The van der Waals surface area contributed by atoms with Crippen molar-refractivity contribution < 1.29 is 9.90 Å². The number of aryl methyl sites for hydroxylation is 2. The quantitative estimate of drug-likeness (QED) is 0.781. The zero-order valence-electron chi connectivity index (χ0n) is 13.4. The summed E-state index contributed by atoms with van der Waals surface area (Å²) >= 11 is 1.54. The highest BCUT2D eigenvalue weighted by molar-refractivity contribution is 7.10. The minimum atomic E-state index is -0.950. The van der Waals surface area contributed by atoms with Gasteiger partial charge >= 0.3 is 6.03 Å². The molecule has 2 amide bonds. The fourth-order valence-corrected chi connectivity index (χ4v) is 3.86. The molecule has 1 aliphatic carbocycles. The van der Waals surface area contributed by atoms with Crippen LogP contribution in [0.1, 0.15) is 28.8 Å². The zero-order valence-corrected chi connectivity index (χ0v) is 14.2. The molecule has 1 aromatic carbocycles. The summed E-state index contributed by atoms with van der Waals surface area (Å²) in [6.45, 7) is 4.23. The minimum absolute atomic E-state index is 0.231. The van der Waals surface area contributed by atoms with Gasteiger partial charge in [0.05, 0.1) is 6.54 Å². The van der Waals surface area contributed by atoms with Gasteiger partial charge in [-0.3, -0.25) is 0 Å². The number of carbonyl (C=O) groups is 1. The molecule has 0 radical (unpaired) electrons. The maximum absolute atomic E-state index is 12.2. The van der Waals surface area contributed by atoms with E-state index in [1.54, 1.807) is 0 Å². The molecule has 122 valence electrons. The number of hydrogen-bond acceptors (Lipinski definition) is 3. The molecule has 3 rings (SSSR count). The third-order valence-corrected chi connectivity index (χ3v) is 5.24. The summed E-state index contributed by atoms with van der Waals surface area (Å²) in [6.07, 6.45) is 2.02. The van der Waals surface area contributed by atoms with E-state index in [-0.39, 0.29) is 18.5 Å². The highest BCUT2D eigenvalue weighted by atomic mass is 32.1. The predicted octanol–water partition coefficient (Wildman–Crippen LogP) is 3.78. The lowest BCUT2D eigenvalue weighted by Gasteiger charge is -2.27. The highest BCUT2D eigenvalue weighted by Crippen LogP contribution is 2.46. The molecule has 3 N–H and O–H groups in total. The summed E-state index contributed by atoms with van der Waals surface area (Å²) < 4.78 is 0. The van der Waals surface area contributed by atoms with Gasteiger partial charge in [0.2, 0.25) is 0 Å². The summed E-state index contributed by atoms with van der Waals surface area (Å²) in [5, 5.41) is 18.6. The Morgan fingerprint density at radius 2 is 2.00 bits per heavy atom. The number of carbonyl (C=O) groups excluding carboxylic acids is 1. The number of benzene rings is 1. The largest absolute Gasteiger partial charge is 0.382 e. The molecule has 2 aromatic rings. The number of amides is 2. The third-order valence-electron chi connectivity index (χ3n) is 4.20. The average Bonchev–Trinajstić information content (AvgIpc) is 3.19. The van der Waals surface area contributed by atoms with Crippen molar-refractivity contribution in [3.8, 4) is 0 Å². The highest BCUT2D eigenvalue weighted by Gasteiger charge is 2.45. The van der Waals surface area contributed by atoms with Crippen LogP contribution in [0.4, 0.5) is 10.5 Å². The van der Waals surface area contributed by atoms with Crippen molar-refractivity contribution in [2.24, 2.45) is 5.92 Å². The maximum atomic E-state index is 12.2. The van der Waals surface area contributed by atoms with Gasteiger partial charge in [-0.25, -0.2) is 4.79 Å². The van der Waals surface area contributed by atoms with Crippen LogP contribution in [0.15, 0.2) is 35.7 Å². The monoisotopic (exact) mass is 330 g/mol. The molecular formula is C18H22N2O2S. The third kappa shape index (κ3) is 3.74. The van der Waals surface area contributed by atoms with Crippen molar-refractivity contribution in [3.05, 3.63) is 51.7 Å². The Kier molecular flexibility index (Phi) is 4.41. The van der Waals surface area contributed by atoms with Crippen molar-refractivity contribution >= 4 is 23.1 Å². The van der Waals surface area contributed by atoms with Gasteiger partial charge in [0.25, 0.3) is 0 Å². The second kappa shape index (κ2) is 6.34. The van der Waals surface area contributed by atoms with Gasteiger partial charge < -0.3 is 15.7 Å². The van der Waals surface area contributed by atoms with Gasteiger partial charge in [0.1, 0.15) is 5.60 Å². The van der Waals surface area contributed by atoms with Crippen LogP contribution in [0.2, 0.25) is 0 Å². The molecule has 23 heavy (non-hydrogen) atoms. The molecule has 0 saturated heterocycles. The van der Waals surface area contributed by atoms with Crippen molar-refractivity contribution in [2.75, 3.05) is 11.9 Å². The molecule has 1 aliphatic rings. The van der Waals surface area contributed by atoms with Gasteiger partial charge in [-0.2, -0.15) is 0 Å². The second-order valence-corrected chi connectivity index (χ2v) is 7.31. The number of anilines is 1. The van der Waals surface area contributed by atoms with E-state index in [1.165, 1.54) is 11.3 Å². The van der Waals surface area contributed by atoms with Crippen molar-refractivity contribution in [3.63, 3.8) is 0 Å². The molecule has 0 bridgehead atoms. The van der Waals surface area contributed by atoms with E-state index in [4.69, 9.17) is 0 Å². The van der Waals surface area contributed by atoms with E-state index >= 15 is 0 Å². The van der Waals surface area contributed by atoms with Crippen LogP contribution in [-0.2, 0) is 5.60 Å². The van der Waals surface area contributed by atoms with Crippen LogP contribution >= 0.6 is 11.3 Å². The SMILES string of the molecule is Cc1cc(C)cc(NC(=O)NCC(O)(c2cccs2)C2CC2)c1. The van der Waals surface area contributed by atoms with E-state index in [0.717, 1.165) is 34.5 Å². The summed E-state index contributed by atoms with van der Waals surface area (Å²) in [6, 6.07) is 9.50. The first-order chi connectivity index (χ1) is 11.0. The van der Waals surface area contributed by atoms with Crippen molar-refractivity contribution in [1.82, 2.24) is 5.32 Å². The zero-order chi connectivity index (χ0) is 16.4. The number of nitrogens with one attached hydrogen (secondary N) is 2. The van der Waals surface area contributed by atoms with Gasteiger partial charge in [0.15, 0.2) is 0 Å². The van der Waals surface area contributed by atoms with Gasteiger partial charge in [-0.05, 0) is 67.3 Å². The van der Waals surface area contributed by atoms with Gasteiger partial charge in [0, 0.05) is 10.6 Å². The Morgan fingerprint density at radius 3 is 2.57 bits per heavy atom. The number of rotatable bonds is 5. The molecule has 1 saturated carbocycles. The molecule has 0 spiro atoms. The van der Waals surface area contributed by atoms with Crippen LogP contribution in [0.25, 0.3) is 0 Å².